The normalized spacial score (nSPS) is 17.8. The molecule has 1 saturated heterocycles. The van der Waals surface area contributed by atoms with E-state index in [4.69, 9.17) is 9.47 Å². The third-order valence-corrected chi connectivity index (χ3v) is 6.15. The van der Waals surface area contributed by atoms with Crippen molar-refractivity contribution in [1.29, 1.82) is 0 Å². The first-order chi connectivity index (χ1) is 15.3. The van der Waals surface area contributed by atoms with Gasteiger partial charge in [0.2, 0.25) is 0 Å². The maximum absolute atomic E-state index is 12.6. The Hall–Kier alpha value is -3.88. The molecule has 1 aromatic carbocycles. The summed E-state index contributed by atoms with van der Waals surface area (Å²) in [7, 11) is 1.54. The minimum absolute atomic E-state index is 0.0263. The van der Waals surface area contributed by atoms with Crippen LogP contribution in [0.25, 0.3) is 11.3 Å². The Balaban J connectivity index is 1.74. The Morgan fingerprint density at radius 3 is 2.62 bits per heavy atom. The van der Waals surface area contributed by atoms with Gasteiger partial charge in [-0.3, -0.25) is 14.5 Å². The fraction of sp³-hybridized carbons (Fsp3) is 0.304. The van der Waals surface area contributed by atoms with Gasteiger partial charge >= 0.3 is 12.0 Å². The van der Waals surface area contributed by atoms with Crippen molar-refractivity contribution in [3.05, 3.63) is 64.2 Å². The monoisotopic (exact) mass is 434 g/mol. The number of carbonyl (C=O) groups is 1. The average molecular weight is 434 g/mol. The summed E-state index contributed by atoms with van der Waals surface area (Å²) >= 11 is 0. The van der Waals surface area contributed by atoms with Gasteiger partial charge in [0.25, 0.3) is 0 Å². The molecule has 164 valence electrons. The molecule has 2 aliphatic heterocycles. The summed E-state index contributed by atoms with van der Waals surface area (Å²) in [5.41, 5.74) is 1.35. The standard InChI is InChI=1S/C23H22N4O5/c1-23(2)6-5-16-13-10-20(32-22-24-7-4-8-25-22)19(31-3)9-14(13)17-11-18(28)15(21(29)30)12-26(17)27(16)23/h4,7-12,16H,5-6H2,1-3H3,(H,29,30)/t16-/m1/s1. The van der Waals surface area contributed by atoms with Crippen LogP contribution >= 0.6 is 0 Å². The summed E-state index contributed by atoms with van der Waals surface area (Å²) in [6, 6.07) is 6.99. The van der Waals surface area contributed by atoms with E-state index < -0.39 is 11.4 Å². The van der Waals surface area contributed by atoms with Crippen LogP contribution in [0.4, 0.5) is 0 Å². The van der Waals surface area contributed by atoms with E-state index in [9.17, 15) is 14.7 Å². The highest BCUT2D eigenvalue weighted by Crippen LogP contribution is 2.50. The van der Waals surface area contributed by atoms with E-state index >= 15 is 0 Å². The van der Waals surface area contributed by atoms with Crippen LogP contribution in [0, 0.1) is 0 Å². The number of fused-ring (bicyclic) bond motifs is 6. The van der Waals surface area contributed by atoms with E-state index in [1.165, 1.54) is 19.4 Å². The molecule has 1 N–H and O–H groups in total. The highest BCUT2D eigenvalue weighted by molar-refractivity contribution is 5.88. The fourth-order valence-electron chi connectivity index (χ4n) is 4.69. The Morgan fingerprint density at radius 2 is 1.94 bits per heavy atom. The molecule has 9 heteroatoms. The third-order valence-electron chi connectivity index (χ3n) is 6.15. The van der Waals surface area contributed by atoms with Gasteiger partial charge in [0, 0.05) is 30.2 Å². The second-order valence-corrected chi connectivity index (χ2v) is 8.52. The van der Waals surface area contributed by atoms with E-state index in [-0.39, 0.29) is 23.2 Å². The van der Waals surface area contributed by atoms with Gasteiger partial charge in [-0.2, -0.15) is 0 Å². The van der Waals surface area contributed by atoms with Crippen molar-refractivity contribution in [1.82, 2.24) is 14.6 Å². The topological polar surface area (TPSA) is 107 Å². The van der Waals surface area contributed by atoms with Crippen LogP contribution in [0.3, 0.4) is 0 Å². The zero-order valence-electron chi connectivity index (χ0n) is 17.9. The van der Waals surface area contributed by atoms with Gasteiger partial charge in [0.05, 0.1) is 24.4 Å². The summed E-state index contributed by atoms with van der Waals surface area (Å²) in [6.07, 6.45) is 6.38. The van der Waals surface area contributed by atoms with Crippen LogP contribution in [0.1, 0.15) is 48.7 Å². The second-order valence-electron chi connectivity index (χ2n) is 8.52. The van der Waals surface area contributed by atoms with Gasteiger partial charge in [-0.25, -0.2) is 14.8 Å². The molecule has 1 atom stereocenters. The molecule has 4 heterocycles. The van der Waals surface area contributed by atoms with E-state index in [0.29, 0.717) is 17.2 Å². The van der Waals surface area contributed by atoms with E-state index in [1.807, 2.05) is 16.8 Å². The number of hydrogen-bond donors (Lipinski definition) is 1. The molecular formula is C23H22N4O5. The number of rotatable bonds is 4. The van der Waals surface area contributed by atoms with Gasteiger partial charge in [-0.05, 0) is 50.5 Å². The largest absolute Gasteiger partial charge is 0.493 e. The van der Waals surface area contributed by atoms with Crippen LogP contribution in [-0.2, 0) is 0 Å². The van der Waals surface area contributed by atoms with Gasteiger partial charge in [-0.15, -0.1) is 0 Å². The fourth-order valence-corrected chi connectivity index (χ4v) is 4.69. The van der Waals surface area contributed by atoms with Crippen molar-refractivity contribution < 1.29 is 19.4 Å². The van der Waals surface area contributed by atoms with Crippen molar-refractivity contribution in [2.75, 3.05) is 12.1 Å². The predicted molar refractivity (Wildman–Crippen MR) is 116 cm³/mol. The van der Waals surface area contributed by atoms with Crippen molar-refractivity contribution in [2.24, 2.45) is 0 Å². The molecule has 0 saturated carbocycles. The summed E-state index contributed by atoms with van der Waals surface area (Å²) in [4.78, 5) is 32.5. The molecule has 3 aromatic rings. The van der Waals surface area contributed by atoms with E-state index in [2.05, 4.69) is 28.8 Å². The number of aromatic nitrogens is 3. The predicted octanol–water partition coefficient (Wildman–Crippen LogP) is 3.37. The second kappa shape index (κ2) is 7.08. The number of carboxylic acids is 1. The van der Waals surface area contributed by atoms with E-state index in [0.717, 1.165) is 24.0 Å². The van der Waals surface area contributed by atoms with Crippen molar-refractivity contribution in [3.8, 4) is 28.8 Å². The van der Waals surface area contributed by atoms with Crippen molar-refractivity contribution >= 4 is 5.97 Å². The van der Waals surface area contributed by atoms with Gasteiger partial charge in [0.1, 0.15) is 5.56 Å². The minimum Gasteiger partial charge on any atom is -0.493 e. The van der Waals surface area contributed by atoms with Crippen LogP contribution < -0.4 is 19.9 Å². The number of hydrogen-bond acceptors (Lipinski definition) is 7. The molecule has 2 aromatic heterocycles. The van der Waals surface area contributed by atoms with Crippen molar-refractivity contribution in [2.45, 2.75) is 38.3 Å². The smallest absolute Gasteiger partial charge is 0.341 e. The molecular weight excluding hydrogens is 412 g/mol. The molecule has 0 radical (unpaired) electrons. The molecule has 9 nitrogen and oxygen atoms in total. The average Bonchev–Trinajstić information content (AvgIpc) is 3.09. The number of aromatic carboxylic acids is 1. The Bertz CT molecular complexity index is 1290. The lowest BCUT2D eigenvalue weighted by Crippen LogP contribution is -2.50. The quantitative estimate of drug-likeness (QED) is 0.666. The Labute approximate surface area is 183 Å². The van der Waals surface area contributed by atoms with Crippen LogP contribution in [0.15, 0.2) is 47.7 Å². The minimum atomic E-state index is -1.24. The molecule has 0 unspecified atom stereocenters. The molecule has 0 bridgehead atoms. The SMILES string of the molecule is COc1cc2c(cc1Oc1ncccn1)[C@H]1CCC(C)(C)N1n1cc(C(=O)O)c(=O)cc1-2. The van der Waals surface area contributed by atoms with Crippen LogP contribution in [0.2, 0.25) is 0 Å². The summed E-state index contributed by atoms with van der Waals surface area (Å²) in [5.74, 6) is -0.308. The van der Waals surface area contributed by atoms with Crippen LogP contribution in [0.5, 0.6) is 17.5 Å². The number of ether oxygens (including phenoxy) is 2. The Morgan fingerprint density at radius 1 is 1.19 bits per heavy atom. The zero-order valence-corrected chi connectivity index (χ0v) is 17.9. The lowest BCUT2D eigenvalue weighted by Gasteiger charge is -2.44. The summed E-state index contributed by atoms with van der Waals surface area (Å²) in [6.45, 7) is 4.22. The number of methoxy groups -OCH3 is 1. The summed E-state index contributed by atoms with van der Waals surface area (Å²) < 4.78 is 13.3. The highest BCUT2D eigenvalue weighted by atomic mass is 16.5. The van der Waals surface area contributed by atoms with E-state index in [1.54, 1.807) is 18.5 Å². The summed E-state index contributed by atoms with van der Waals surface area (Å²) in [5, 5.41) is 11.7. The Kier molecular flexibility index (Phi) is 4.44. The number of nitrogens with zero attached hydrogens (tertiary/aromatic N) is 4. The third kappa shape index (κ3) is 3.00. The maximum atomic E-state index is 12.6. The number of benzene rings is 1. The van der Waals surface area contributed by atoms with Crippen LogP contribution in [-0.4, -0.2) is 38.4 Å². The van der Waals surface area contributed by atoms with Gasteiger partial charge < -0.3 is 14.6 Å². The lowest BCUT2D eigenvalue weighted by molar-refractivity contribution is 0.0694. The van der Waals surface area contributed by atoms with Crippen molar-refractivity contribution in [3.63, 3.8) is 0 Å². The molecule has 5 rings (SSSR count). The molecule has 0 aliphatic carbocycles. The number of carboxylic acid groups (broad SMARTS) is 1. The molecule has 2 aliphatic rings. The lowest BCUT2D eigenvalue weighted by atomic mass is 9.93. The first-order valence-electron chi connectivity index (χ1n) is 10.3. The molecule has 32 heavy (non-hydrogen) atoms. The zero-order chi connectivity index (χ0) is 22.6. The van der Waals surface area contributed by atoms with Gasteiger partial charge in [0.15, 0.2) is 16.9 Å². The first kappa shape index (κ1) is 20.0. The van der Waals surface area contributed by atoms with Gasteiger partial charge in [-0.1, -0.05) is 0 Å². The molecule has 0 amide bonds. The molecule has 0 spiro atoms. The molecule has 1 fully saturated rings. The maximum Gasteiger partial charge on any atom is 0.341 e. The first-order valence-corrected chi connectivity index (χ1v) is 10.3. The number of pyridine rings is 1. The highest BCUT2D eigenvalue weighted by Gasteiger charge is 2.45.